The fraction of sp³-hybridized carbons (Fsp3) is 0.154. The fourth-order valence-corrected chi connectivity index (χ4v) is 3.24. The molecule has 0 radical (unpaired) electrons. The van der Waals surface area contributed by atoms with Crippen LogP contribution >= 0.6 is 0 Å². The molecule has 0 heterocycles. The van der Waals surface area contributed by atoms with Crippen LogP contribution < -0.4 is 4.90 Å². The van der Waals surface area contributed by atoms with Crippen molar-refractivity contribution in [1.82, 2.24) is 0 Å². The van der Waals surface area contributed by atoms with Crippen LogP contribution in [0.1, 0.15) is 34.0 Å². The number of ether oxygens (including phenoxy) is 1. The van der Waals surface area contributed by atoms with Crippen molar-refractivity contribution in [3.8, 4) is 0 Å². The topological polar surface area (TPSA) is 46.6 Å². The Bertz CT molecular complexity index is 1120. The maximum absolute atomic E-state index is 13.5. The average molecular weight is 453 g/mol. The maximum atomic E-state index is 13.5. The summed E-state index contributed by atoms with van der Waals surface area (Å²) in [5.74, 6) is -0.909. The Morgan fingerprint density at radius 3 is 2.18 bits per heavy atom. The van der Waals surface area contributed by atoms with Crippen molar-refractivity contribution in [3.05, 3.63) is 107 Å². The number of alkyl halides is 3. The van der Waals surface area contributed by atoms with Crippen molar-refractivity contribution in [1.29, 1.82) is 0 Å². The molecule has 0 fully saturated rings. The van der Waals surface area contributed by atoms with Gasteiger partial charge in [-0.2, -0.15) is 13.2 Å². The number of nitrogens with zero attached hydrogens (tertiary/aromatic N) is 1. The molecule has 1 amide bonds. The lowest BCUT2D eigenvalue weighted by Crippen LogP contribution is -2.31. The lowest BCUT2D eigenvalue weighted by molar-refractivity contribution is -0.138. The normalized spacial score (nSPS) is 11.4. The van der Waals surface area contributed by atoms with Crippen LogP contribution in [0, 0.1) is 0 Å². The first-order chi connectivity index (χ1) is 15.8. The van der Waals surface area contributed by atoms with Crippen LogP contribution in [0.3, 0.4) is 0 Å². The van der Waals surface area contributed by atoms with Crippen molar-refractivity contribution in [2.45, 2.75) is 19.6 Å². The number of rotatable bonds is 7. The number of carbonyl (C=O) groups is 2. The summed E-state index contributed by atoms with van der Waals surface area (Å²) >= 11 is 0. The average Bonchev–Trinajstić information content (AvgIpc) is 2.81. The molecule has 0 saturated carbocycles. The molecule has 3 aromatic rings. The van der Waals surface area contributed by atoms with Crippen LogP contribution in [0.2, 0.25) is 0 Å². The van der Waals surface area contributed by atoms with Gasteiger partial charge in [-0.3, -0.25) is 4.79 Å². The van der Waals surface area contributed by atoms with E-state index in [0.717, 1.165) is 6.07 Å². The van der Waals surface area contributed by atoms with Crippen LogP contribution in [0.15, 0.2) is 84.9 Å². The molecule has 4 nitrogen and oxygen atoms in total. The molecular formula is C26H22F3NO3. The highest BCUT2D eigenvalue weighted by molar-refractivity contribution is 6.06. The molecule has 0 bridgehead atoms. The molecule has 0 saturated heterocycles. The van der Waals surface area contributed by atoms with E-state index < -0.39 is 23.6 Å². The number of benzene rings is 3. The zero-order valence-electron chi connectivity index (χ0n) is 17.9. The number of amides is 1. The number of esters is 1. The minimum absolute atomic E-state index is 0.0134. The SMILES string of the molecule is CCOC(=O)/C=C/c1ccc(N(Cc2ccccc2C(F)(F)F)C(=O)c2ccccc2)cc1. The molecule has 3 aromatic carbocycles. The van der Waals surface area contributed by atoms with Gasteiger partial charge in [0, 0.05) is 17.3 Å². The second-order valence-corrected chi connectivity index (χ2v) is 7.09. The highest BCUT2D eigenvalue weighted by Gasteiger charge is 2.34. The molecule has 7 heteroatoms. The molecule has 0 aromatic heterocycles. The smallest absolute Gasteiger partial charge is 0.416 e. The second-order valence-electron chi connectivity index (χ2n) is 7.09. The third-order valence-electron chi connectivity index (χ3n) is 4.82. The van der Waals surface area contributed by atoms with Gasteiger partial charge in [0.25, 0.3) is 5.91 Å². The zero-order valence-corrected chi connectivity index (χ0v) is 17.9. The standard InChI is InChI=1S/C26H22F3NO3/c1-2-33-24(31)17-14-19-12-15-22(16-13-19)30(25(32)20-8-4-3-5-9-20)18-21-10-6-7-11-23(21)26(27,28)29/h3-17H,2,18H2,1H3/b17-14+. The summed E-state index contributed by atoms with van der Waals surface area (Å²) in [6.45, 7) is 1.70. The number of carbonyl (C=O) groups excluding carboxylic acids is 2. The highest BCUT2D eigenvalue weighted by atomic mass is 19.4. The van der Waals surface area contributed by atoms with E-state index in [1.54, 1.807) is 67.6 Å². The van der Waals surface area contributed by atoms with Crippen LogP contribution in [-0.2, 0) is 22.3 Å². The van der Waals surface area contributed by atoms with Crippen LogP contribution in [0.25, 0.3) is 6.08 Å². The summed E-state index contributed by atoms with van der Waals surface area (Å²) in [6.07, 6.45) is -1.70. The van der Waals surface area contributed by atoms with Gasteiger partial charge < -0.3 is 9.64 Å². The van der Waals surface area contributed by atoms with Gasteiger partial charge in [0.05, 0.1) is 18.7 Å². The van der Waals surface area contributed by atoms with Crippen molar-refractivity contribution < 1.29 is 27.5 Å². The Morgan fingerprint density at radius 1 is 0.909 bits per heavy atom. The fourth-order valence-electron chi connectivity index (χ4n) is 3.24. The quantitative estimate of drug-likeness (QED) is 0.319. The molecule has 0 spiro atoms. The maximum Gasteiger partial charge on any atom is 0.416 e. The van der Waals surface area contributed by atoms with Gasteiger partial charge in [-0.25, -0.2) is 4.79 Å². The van der Waals surface area contributed by atoms with E-state index in [-0.39, 0.29) is 18.7 Å². The minimum Gasteiger partial charge on any atom is -0.463 e. The van der Waals surface area contributed by atoms with E-state index in [2.05, 4.69) is 0 Å². The summed E-state index contributed by atoms with van der Waals surface area (Å²) in [5, 5.41) is 0. The summed E-state index contributed by atoms with van der Waals surface area (Å²) in [6, 6.07) is 20.2. The molecule has 0 unspecified atom stereocenters. The van der Waals surface area contributed by atoms with Crippen molar-refractivity contribution >= 4 is 23.6 Å². The van der Waals surface area contributed by atoms with Gasteiger partial charge in [0.2, 0.25) is 0 Å². The van der Waals surface area contributed by atoms with Gasteiger partial charge >= 0.3 is 12.1 Å². The summed E-state index contributed by atoms with van der Waals surface area (Å²) < 4.78 is 45.4. The van der Waals surface area contributed by atoms with Gasteiger partial charge in [-0.05, 0) is 54.5 Å². The molecule has 3 rings (SSSR count). The van der Waals surface area contributed by atoms with Gasteiger partial charge in [-0.1, -0.05) is 48.5 Å². The highest BCUT2D eigenvalue weighted by Crippen LogP contribution is 2.33. The van der Waals surface area contributed by atoms with Crippen molar-refractivity contribution in [2.75, 3.05) is 11.5 Å². The molecule has 0 aliphatic heterocycles. The van der Waals surface area contributed by atoms with Gasteiger partial charge in [0.1, 0.15) is 0 Å². The first kappa shape index (κ1) is 23.8. The van der Waals surface area contributed by atoms with E-state index in [9.17, 15) is 22.8 Å². The van der Waals surface area contributed by atoms with E-state index in [1.807, 2.05) is 0 Å². The Kier molecular flexibility index (Phi) is 7.66. The summed E-state index contributed by atoms with van der Waals surface area (Å²) in [7, 11) is 0. The molecule has 0 N–H and O–H groups in total. The molecule has 0 aliphatic carbocycles. The molecule has 0 atom stereocenters. The lowest BCUT2D eigenvalue weighted by atomic mass is 10.0. The number of hydrogen-bond donors (Lipinski definition) is 0. The molecule has 33 heavy (non-hydrogen) atoms. The minimum atomic E-state index is -4.54. The van der Waals surface area contributed by atoms with Gasteiger partial charge in [0.15, 0.2) is 0 Å². The Balaban J connectivity index is 1.95. The number of halogens is 3. The summed E-state index contributed by atoms with van der Waals surface area (Å²) in [4.78, 5) is 26.1. The Morgan fingerprint density at radius 2 is 1.55 bits per heavy atom. The second kappa shape index (κ2) is 10.6. The third-order valence-corrected chi connectivity index (χ3v) is 4.82. The van der Waals surface area contributed by atoms with Crippen LogP contribution in [0.4, 0.5) is 18.9 Å². The Labute approximate surface area is 189 Å². The third kappa shape index (κ3) is 6.32. The number of hydrogen-bond acceptors (Lipinski definition) is 3. The zero-order chi connectivity index (χ0) is 23.8. The monoisotopic (exact) mass is 453 g/mol. The first-order valence-electron chi connectivity index (χ1n) is 10.3. The predicted octanol–water partition coefficient (Wildman–Crippen LogP) is 6.13. The molecule has 170 valence electrons. The van der Waals surface area contributed by atoms with Gasteiger partial charge in [-0.15, -0.1) is 0 Å². The predicted molar refractivity (Wildman–Crippen MR) is 121 cm³/mol. The van der Waals surface area contributed by atoms with E-state index in [0.29, 0.717) is 16.8 Å². The van der Waals surface area contributed by atoms with E-state index in [1.165, 1.54) is 29.2 Å². The molecular weight excluding hydrogens is 431 g/mol. The van der Waals surface area contributed by atoms with Crippen molar-refractivity contribution in [2.24, 2.45) is 0 Å². The van der Waals surface area contributed by atoms with E-state index in [4.69, 9.17) is 4.74 Å². The Hall–Kier alpha value is -3.87. The largest absolute Gasteiger partial charge is 0.463 e. The van der Waals surface area contributed by atoms with Crippen LogP contribution in [-0.4, -0.2) is 18.5 Å². The van der Waals surface area contributed by atoms with Crippen molar-refractivity contribution in [3.63, 3.8) is 0 Å². The number of anilines is 1. The van der Waals surface area contributed by atoms with E-state index >= 15 is 0 Å². The first-order valence-corrected chi connectivity index (χ1v) is 10.3. The summed E-state index contributed by atoms with van der Waals surface area (Å²) in [5.41, 5.74) is 0.655. The molecule has 0 aliphatic rings. The van der Waals surface area contributed by atoms with Crippen LogP contribution in [0.5, 0.6) is 0 Å². The lowest BCUT2D eigenvalue weighted by Gasteiger charge is -2.25.